The Hall–Kier alpha value is -0.510. The minimum atomic E-state index is 0.744. The number of hydrogen-bond donors (Lipinski definition) is 1. The first-order valence-corrected chi connectivity index (χ1v) is 9.37. The van der Waals surface area contributed by atoms with Crippen LogP contribution in [-0.4, -0.2) is 42.9 Å². The fourth-order valence-electron chi connectivity index (χ4n) is 2.92. The molecular formula is C18H30N2S. The van der Waals surface area contributed by atoms with Crippen LogP contribution < -0.4 is 5.32 Å². The van der Waals surface area contributed by atoms with Crippen molar-refractivity contribution in [3.05, 3.63) is 30.3 Å². The lowest BCUT2D eigenvalue weighted by atomic mass is 10.0. The first-order valence-electron chi connectivity index (χ1n) is 8.38. The van der Waals surface area contributed by atoms with Crippen molar-refractivity contribution in [3.63, 3.8) is 0 Å². The smallest absolute Gasteiger partial charge is 0.0220 e. The lowest BCUT2D eigenvalue weighted by Gasteiger charge is -2.36. The summed E-state index contributed by atoms with van der Waals surface area (Å²) in [6, 6.07) is 11.5. The molecule has 0 bridgehead atoms. The Bertz CT molecular complexity index is 380. The molecule has 118 valence electrons. The lowest BCUT2D eigenvalue weighted by Crippen LogP contribution is -2.46. The van der Waals surface area contributed by atoms with Crippen molar-refractivity contribution in [2.75, 3.05) is 31.9 Å². The molecule has 1 heterocycles. The van der Waals surface area contributed by atoms with Crippen molar-refractivity contribution in [3.8, 4) is 0 Å². The van der Waals surface area contributed by atoms with Crippen LogP contribution in [0.3, 0.4) is 0 Å². The molecule has 1 saturated heterocycles. The molecule has 1 aromatic rings. The zero-order valence-corrected chi connectivity index (χ0v) is 14.4. The van der Waals surface area contributed by atoms with Crippen molar-refractivity contribution >= 4 is 11.8 Å². The van der Waals surface area contributed by atoms with Gasteiger partial charge in [0.2, 0.25) is 0 Å². The summed E-state index contributed by atoms with van der Waals surface area (Å²) >= 11 is 1.98. The van der Waals surface area contributed by atoms with Crippen LogP contribution in [0.2, 0.25) is 0 Å². The molecule has 1 N–H and O–H groups in total. The van der Waals surface area contributed by atoms with Crippen molar-refractivity contribution in [2.45, 2.75) is 44.0 Å². The third-order valence-corrected chi connectivity index (χ3v) is 5.06. The third-order valence-electron chi connectivity index (χ3n) is 4.07. The molecule has 0 aromatic heterocycles. The van der Waals surface area contributed by atoms with E-state index in [0.717, 1.165) is 25.0 Å². The van der Waals surface area contributed by atoms with E-state index in [1.54, 1.807) is 0 Å². The number of rotatable bonds is 8. The van der Waals surface area contributed by atoms with Gasteiger partial charge in [0.25, 0.3) is 0 Å². The normalized spacial score (nSPS) is 20.0. The van der Waals surface area contributed by atoms with E-state index < -0.39 is 0 Å². The molecule has 1 unspecified atom stereocenters. The van der Waals surface area contributed by atoms with Gasteiger partial charge in [0.05, 0.1) is 0 Å². The van der Waals surface area contributed by atoms with Crippen LogP contribution in [0.4, 0.5) is 0 Å². The number of likely N-dealkylation sites (tertiary alicyclic amines) is 1. The van der Waals surface area contributed by atoms with Gasteiger partial charge in [-0.2, -0.15) is 0 Å². The molecule has 3 heteroatoms. The Labute approximate surface area is 134 Å². The summed E-state index contributed by atoms with van der Waals surface area (Å²) in [6.07, 6.45) is 4.13. The molecule has 0 amide bonds. The Kier molecular flexibility index (Phi) is 7.62. The predicted molar refractivity (Wildman–Crippen MR) is 94.1 cm³/mol. The van der Waals surface area contributed by atoms with E-state index in [2.05, 4.69) is 54.4 Å². The molecule has 2 rings (SSSR count). The molecule has 1 aliphatic heterocycles. The largest absolute Gasteiger partial charge is 0.315 e. The molecule has 2 nitrogen and oxygen atoms in total. The van der Waals surface area contributed by atoms with Gasteiger partial charge in [-0.25, -0.2) is 0 Å². The van der Waals surface area contributed by atoms with E-state index in [4.69, 9.17) is 0 Å². The molecule has 1 fully saturated rings. The van der Waals surface area contributed by atoms with Gasteiger partial charge in [-0.3, -0.25) is 4.90 Å². The van der Waals surface area contributed by atoms with Gasteiger partial charge in [-0.15, -0.1) is 11.8 Å². The summed E-state index contributed by atoms with van der Waals surface area (Å²) in [5.74, 6) is 1.95. The Morgan fingerprint density at radius 1 is 1.24 bits per heavy atom. The van der Waals surface area contributed by atoms with Crippen molar-refractivity contribution in [1.29, 1.82) is 0 Å². The summed E-state index contributed by atoms with van der Waals surface area (Å²) in [5, 5.41) is 3.64. The molecule has 0 aliphatic carbocycles. The number of hydrogen-bond acceptors (Lipinski definition) is 3. The standard InChI is InChI=1S/C18H30N2S/c1-16(2)14-19-15-17-8-6-7-11-20(17)12-13-21-18-9-4-3-5-10-18/h3-5,9-10,16-17,19H,6-8,11-15H2,1-2H3. The predicted octanol–water partition coefficient (Wildman–Crippen LogP) is 3.88. The van der Waals surface area contributed by atoms with E-state index in [1.165, 1.54) is 43.0 Å². The Morgan fingerprint density at radius 2 is 2.05 bits per heavy atom. The minimum absolute atomic E-state index is 0.744. The summed E-state index contributed by atoms with van der Waals surface area (Å²) in [5.41, 5.74) is 0. The second-order valence-electron chi connectivity index (χ2n) is 6.40. The maximum absolute atomic E-state index is 3.64. The average molecular weight is 307 g/mol. The van der Waals surface area contributed by atoms with Crippen LogP contribution >= 0.6 is 11.8 Å². The summed E-state index contributed by atoms with van der Waals surface area (Å²) < 4.78 is 0. The van der Waals surface area contributed by atoms with Gasteiger partial charge < -0.3 is 5.32 Å². The van der Waals surface area contributed by atoms with Crippen molar-refractivity contribution < 1.29 is 0 Å². The van der Waals surface area contributed by atoms with E-state index in [-0.39, 0.29) is 0 Å². The number of benzene rings is 1. The zero-order chi connectivity index (χ0) is 14.9. The average Bonchev–Trinajstić information content (AvgIpc) is 2.49. The summed E-state index contributed by atoms with van der Waals surface area (Å²) in [6.45, 7) is 9.36. The first kappa shape index (κ1) is 16.9. The number of thioether (sulfide) groups is 1. The maximum Gasteiger partial charge on any atom is 0.0220 e. The number of nitrogens with one attached hydrogen (secondary N) is 1. The van der Waals surface area contributed by atoms with Crippen LogP contribution in [0.1, 0.15) is 33.1 Å². The molecule has 1 aromatic carbocycles. The number of nitrogens with zero attached hydrogens (tertiary/aromatic N) is 1. The van der Waals surface area contributed by atoms with Gasteiger partial charge in [0.15, 0.2) is 0 Å². The molecule has 21 heavy (non-hydrogen) atoms. The van der Waals surface area contributed by atoms with Gasteiger partial charge >= 0.3 is 0 Å². The van der Waals surface area contributed by atoms with E-state index in [0.29, 0.717) is 0 Å². The van der Waals surface area contributed by atoms with Crippen LogP contribution in [0.15, 0.2) is 35.2 Å². The third kappa shape index (κ3) is 6.41. The highest BCUT2D eigenvalue weighted by molar-refractivity contribution is 7.99. The topological polar surface area (TPSA) is 15.3 Å². The van der Waals surface area contributed by atoms with Crippen LogP contribution in [0.5, 0.6) is 0 Å². The molecule has 1 atom stereocenters. The zero-order valence-electron chi connectivity index (χ0n) is 13.6. The van der Waals surface area contributed by atoms with Gasteiger partial charge in [-0.05, 0) is 44.0 Å². The summed E-state index contributed by atoms with van der Waals surface area (Å²) in [7, 11) is 0. The molecule has 0 radical (unpaired) electrons. The van der Waals surface area contributed by atoms with Crippen molar-refractivity contribution in [2.24, 2.45) is 5.92 Å². The van der Waals surface area contributed by atoms with Crippen molar-refractivity contribution in [1.82, 2.24) is 10.2 Å². The minimum Gasteiger partial charge on any atom is -0.315 e. The summed E-state index contributed by atoms with van der Waals surface area (Å²) in [4.78, 5) is 4.09. The monoisotopic (exact) mass is 306 g/mol. The molecule has 1 aliphatic rings. The highest BCUT2D eigenvalue weighted by Gasteiger charge is 2.21. The van der Waals surface area contributed by atoms with E-state index in [1.807, 2.05) is 11.8 Å². The quantitative estimate of drug-likeness (QED) is 0.734. The lowest BCUT2D eigenvalue weighted by molar-refractivity contribution is 0.154. The van der Waals surface area contributed by atoms with E-state index >= 15 is 0 Å². The highest BCUT2D eigenvalue weighted by Crippen LogP contribution is 2.20. The van der Waals surface area contributed by atoms with Gasteiger partial charge in [0.1, 0.15) is 0 Å². The Morgan fingerprint density at radius 3 is 2.81 bits per heavy atom. The molecule has 0 spiro atoms. The number of piperidine rings is 1. The van der Waals surface area contributed by atoms with Gasteiger partial charge in [-0.1, -0.05) is 38.5 Å². The van der Waals surface area contributed by atoms with Crippen LogP contribution in [0, 0.1) is 5.92 Å². The molecular weight excluding hydrogens is 276 g/mol. The van der Waals surface area contributed by atoms with Gasteiger partial charge in [0, 0.05) is 29.8 Å². The second kappa shape index (κ2) is 9.50. The first-order chi connectivity index (χ1) is 10.3. The second-order valence-corrected chi connectivity index (χ2v) is 7.57. The van der Waals surface area contributed by atoms with Crippen LogP contribution in [0.25, 0.3) is 0 Å². The van der Waals surface area contributed by atoms with E-state index in [9.17, 15) is 0 Å². The fourth-order valence-corrected chi connectivity index (χ4v) is 3.83. The fraction of sp³-hybridized carbons (Fsp3) is 0.667. The Balaban J connectivity index is 1.71. The maximum atomic E-state index is 3.64. The highest BCUT2D eigenvalue weighted by atomic mass is 32.2. The van der Waals surface area contributed by atoms with Crippen LogP contribution in [-0.2, 0) is 0 Å². The molecule has 0 saturated carbocycles. The SMILES string of the molecule is CC(C)CNCC1CCCCN1CCSc1ccccc1.